The summed E-state index contributed by atoms with van der Waals surface area (Å²) in [7, 11) is 0. The molecule has 1 aliphatic rings. The molecule has 148 valence electrons. The van der Waals surface area contributed by atoms with Gasteiger partial charge in [0.25, 0.3) is 0 Å². The first-order valence-corrected chi connectivity index (χ1v) is 10.2. The number of hydrogen-bond donors (Lipinski definition) is 1. The van der Waals surface area contributed by atoms with Gasteiger partial charge < -0.3 is 19.6 Å². The fourth-order valence-corrected chi connectivity index (χ4v) is 4.16. The molecule has 2 aromatic rings. The first-order valence-electron chi connectivity index (χ1n) is 9.17. The van der Waals surface area contributed by atoms with E-state index in [2.05, 4.69) is 17.0 Å². The number of aromatic carboxylic acids is 1. The zero-order chi connectivity index (χ0) is 19.9. The number of anilines is 2. The average Bonchev–Trinajstić information content (AvgIpc) is 2.72. The lowest BCUT2D eigenvalue weighted by Gasteiger charge is -2.31. The minimum absolute atomic E-state index is 0.0304. The molecule has 0 aromatic heterocycles. The Bertz CT molecular complexity index is 837. The van der Waals surface area contributed by atoms with E-state index in [-0.39, 0.29) is 17.9 Å². The Balaban J connectivity index is 1.78. The summed E-state index contributed by atoms with van der Waals surface area (Å²) in [6.45, 7) is 4.93. The van der Waals surface area contributed by atoms with E-state index in [0.717, 1.165) is 42.6 Å². The van der Waals surface area contributed by atoms with Crippen LogP contribution in [-0.2, 0) is 9.53 Å². The molecule has 1 saturated heterocycles. The molecule has 1 aliphatic heterocycles. The molecule has 7 heteroatoms. The van der Waals surface area contributed by atoms with Crippen LogP contribution in [0.4, 0.5) is 11.4 Å². The lowest BCUT2D eigenvalue weighted by Crippen LogP contribution is -2.36. The number of morpholine rings is 1. The number of nitrogens with zero attached hydrogens (tertiary/aromatic N) is 2. The van der Waals surface area contributed by atoms with Gasteiger partial charge in [-0.2, -0.15) is 0 Å². The summed E-state index contributed by atoms with van der Waals surface area (Å²) < 4.78 is 5.45. The van der Waals surface area contributed by atoms with Gasteiger partial charge in [-0.1, -0.05) is 18.2 Å². The molecule has 28 heavy (non-hydrogen) atoms. The standard InChI is InChI=1S/C21H24N2O4S/c1-16(24)14-23(18-6-4-5-17(13-18)21(25)26)15-28-20-8-3-2-7-19(20)22-9-11-27-12-10-22/h2-8,13H,9-12,14-15H2,1H3,(H,25,26). The Morgan fingerprint density at radius 2 is 1.89 bits per heavy atom. The summed E-state index contributed by atoms with van der Waals surface area (Å²) >= 11 is 1.64. The number of hydrogen-bond acceptors (Lipinski definition) is 6. The average molecular weight is 401 g/mol. The third-order valence-electron chi connectivity index (χ3n) is 4.46. The van der Waals surface area contributed by atoms with Gasteiger partial charge in [0.2, 0.25) is 0 Å². The van der Waals surface area contributed by atoms with Gasteiger partial charge >= 0.3 is 5.97 Å². The van der Waals surface area contributed by atoms with Crippen molar-refractivity contribution in [3.05, 3.63) is 54.1 Å². The molecule has 1 heterocycles. The first-order chi connectivity index (χ1) is 13.5. The number of thioether (sulfide) groups is 1. The summed E-state index contributed by atoms with van der Waals surface area (Å²) in [4.78, 5) is 28.4. The second kappa shape index (κ2) is 9.61. The first kappa shape index (κ1) is 20.2. The molecule has 0 atom stereocenters. The third-order valence-corrected chi connectivity index (χ3v) is 5.56. The number of para-hydroxylation sites is 1. The van der Waals surface area contributed by atoms with Crippen LogP contribution < -0.4 is 9.80 Å². The maximum Gasteiger partial charge on any atom is 0.335 e. The van der Waals surface area contributed by atoms with Gasteiger partial charge in [0, 0.05) is 23.7 Å². The minimum Gasteiger partial charge on any atom is -0.478 e. The van der Waals surface area contributed by atoms with Gasteiger partial charge in [-0.05, 0) is 37.3 Å². The van der Waals surface area contributed by atoms with Crippen LogP contribution in [0, 0.1) is 0 Å². The summed E-state index contributed by atoms with van der Waals surface area (Å²) in [5, 5.41) is 9.26. The Hall–Kier alpha value is -2.51. The fourth-order valence-electron chi connectivity index (χ4n) is 3.11. The van der Waals surface area contributed by atoms with Crippen molar-refractivity contribution < 1.29 is 19.4 Å². The van der Waals surface area contributed by atoms with Gasteiger partial charge in [-0.3, -0.25) is 4.79 Å². The predicted octanol–water partition coefficient (Wildman–Crippen LogP) is 3.37. The molecule has 0 saturated carbocycles. The van der Waals surface area contributed by atoms with Crippen LogP contribution >= 0.6 is 11.8 Å². The SMILES string of the molecule is CC(=O)CN(CSc1ccccc1N1CCOCC1)c1cccc(C(=O)O)c1. The highest BCUT2D eigenvalue weighted by molar-refractivity contribution is 7.99. The lowest BCUT2D eigenvalue weighted by molar-refractivity contribution is -0.115. The molecule has 2 aromatic carbocycles. The number of ether oxygens (including phenoxy) is 1. The molecule has 0 radical (unpaired) electrons. The second-order valence-electron chi connectivity index (χ2n) is 6.60. The van der Waals surface area contributed by atoms with E-state index in [1.807, 2.05) is 23.1 Å². The molecule has 6 nitrogen and oxygen atoms in total. The molecule has 0 bridgehead atoms. The topological polar surface area (TPSA) is 70.1 Å². The third kappa shape index (κ3) is 5.27. The van der Waals surface area contributed by atoms with E-state index >= 15 is 0 Å². The number of carbonyl (C=O) groups is 2. The Labute approximate surface area is 169 Å². The van der Waals surface area contributed by atoms with Crippen LogP contribution in [0.25, 0.3) is 0 Å². The van der Waals surface area contributed by atoms with Crippen molar-refractivity contribution in [2.45, 2.75) is 11.8 Å². The van der Waals surface area contributed by atoms with Crippen molar-refractivity contribution in [1.82, 2.24) is 0 Å². The zero-order valence-corrected chi connectivity index (χ0v) is 16.7. The van der Waals surface area contributed by atoms with Crippen molar-refractivity contribution >= 4 is 34.9 Å². The Kier molecular flexibility index (Phi) is 6.95. The molecule has 1 N–H and O–H groups in total. The van der Waals surface area contributed by atoms with Gasteiger partial charge in [-0.25, -0.2) is 4.79 Å². The summed E-state index contributed by atoms with van der Waals surface area (Å²) in [6, 6.07) is 14.9. The fraction of sp³-hybridized carbons (Fsp3) is 0.333. The van der Waals surface area contributed by atoms with Crippen molar-refractivity contribution in [2.75, 3.05) is 48.5 Å². The van der Waals surface area contributed by atoms with E-state index in [9.17, 15) is 14.7 Å². The highest BCUT2D eigenvalue weighted by Crippen LogP contribution is 2.32. The highest BCUT2D eigenvalue weighted by atomic mass is 32.2. The van der Waals surface area contributed by atoms with E-state index in [0.29, 0.717) is 5.88 Å². The van der Waals surface area contributed by atoms with E-state index in [4.69, 9.17) is 4.74 Å². The van der Waals surface area contributed by atoms with E-state index < -0.39 is 5.97 Å². The molecule has 0 spiro atoms. The van der Waals surface area contributed by atoms with Crippen LogP contribution in [0.3, 0.4) is 0 Å². The number of ketones is 1. The van der Waals surface area contributed by atoms with Gasteiger partial charge in [0.15, 0.2) is 0 Å². The lowest BCUT2D eigenvalue weighted by atomic mass is 10.2. The maximum absolute atomic E-state index is 11.8. The molecule has 0 amide bonds. The van der Waals surface area contributed by atoms with Crippen molar-refractivity contribution in [2.24, 2.45) is 0 Å². The predicted molar refractivity (Wildman–Crippen MR) is 112 cm³/mol. The van der Waals surface area contributed by atoms with Crippen molar-refractivity contribution in [1.29, 1.82) is 0 Å². The van der Waals surface area contributed by atoms with Crippen molar-refractivity contribution in [3.8, 4) is 0 Å². The molecule has 0 unspecified atom stereocenters. The normalized spacial score (nSPS) is 14.0. The largest absolute Gasteiger partial charge is 0.478 e. The number of rotatable bonds is 8. The van der Waals surface area contributed by atoms with E-state index in [1.165, 1.54) is 0 Å². The number of benzene rings is 2. The number of carboxylic acid groups (broad SMARTS) is 1. The van der Waals surface area contributed by atoms with Crippen LogP contribution in [0.15, 0.2) is 53.4 Å². The molecular weight excluding hydrogens is 376 g/mol. The van der Waals surface area contributed by atoms with Crippen molar-refractivity contribution in [3.63, 3.8) is 0 Å². The smallest absolute Gasteiger partial charge is 0.335 e. The molecule has 1 fully saturated rings. The Morgan fingerprint density at radius 1 is 1.14 bits per heavy atom. The summed E-state index contributed by atoms with van der Waals surface area (Å²) in [5.41, 5.74) is 2.11. The van der Waals surface area contributed by atoms with E-state index in [1.54, 1.807) is 36.9 Å². The number of Topliss-reactive ketones (excluding diaryl/α,β-unsaturated/α-hetero) is 1. The van der Waals surface area contributed by atoms with Crippen LogP contribution in [0.1, 0.15) is 17.3 Å². The highest BCUT2D eigenvalue weighted by Gasteiger charge is 2.17. The number of carboxylic acids is 1. The second-order valence-corrected chi connectivity index (χ2v) is 7.58. The van der Waals surface area contributed by atoms with Gasteiger partial charge in [0.1, 0.15) is 5.78 Å². The Morgan fingerprint density at radius 3 is 2.61 bits per heavy atom. The molecule has 0 aliphatic carbocycles. The monoisotopic (exact) mass is 400 g/mol. The summed E-state index contributed by atoms with van der Waals surface area (Å²) in [5.74, 6) is -0.401. The quantitative estimate of drug-likeness (QED) is 0.538. The van der Waals surface area contributed by atoms with Gasteiger partial charge in [-0.15, -0.1) is 11.8 Å². The van der Waals surface area contributed by atoms with Crippen LogP contribution in [0.2, 0.25) is 0 Å². The van der Waals surface area contributed by atoms with Crippen LogP contribution in [-0.4, -0.2) is 55.6 Å². The maximum atomic E-state index is 11.8. The minimum atomic E-state index is -0.977. The van der Waals surface area contributed by atoms with Crippen LogP contribution in [0.5, 0.6) is 0 Å². The number of carbonyl (C=O) groups excluding carboxylic acids is 1. The zero-order valence-electron chi connectivity index (χ0n) is 15.8. The molecule has 3 rings (SSSR count). The molecular formula is C21H24N2O4S. The van der Waals surface area contributed by atoms with Gasteiger partial charge in [0.05, 0.1) is 36.9 Å². The summed E-state index contributed by atoms with van der Waals surface area (Å²) in [6.07, 6.45) is 0.